The van der Waals surface area contributed by atoms with Crippen molar-refractivity contribution in [3.63, 3.8) is 0 Å². The second-order valence-corrected chi connectivity index (χ2v) is 9.01. The maximum absolute atomic E-state index is 12.9. The van der Waals surface area contributed by atoms with Gasteiger partial charge in [0.05, 0.1) is 29.9 Å². The second kappa shape index (κ2) is 6.49. The Hall–Kier alpha value is -2.68. The third-order valence-corrected chi connectivity index (χ3v) is 6.84. The molecule has 0 N–H and O–H groups in total. The third-order valence-electron chi connectivity index (χ3n) is 5.14. The molecular formula is C18H19N3O5S. The van der Waals surface area contributed by atoms with E-state index in [4.69, 9.17) is 4.42 Å². The van der Waals surface area contributed by atoms with Crippen LogP contribution in [0.15, 0.2) is 41.1 Å². The van der Waals surface area contributed by atoms with Gasteiger partial charge in [-0.25, -0.2) is 8.42 Å². The predicted molar refractivity (Wildman–Crippen MR) is 96.0 cm³/mol. The van der Waals surface area contributed by atoms with E-state index in [1.807, 2.05) is 0 Å². The first kappa shape index (κ1) is 17.7. The summed E-state index contributed by atoms with van der Waals surface area (Å²) in [5.41, 5.74) is 0.964. The van der Waals surface area contributed by atoms with E-state index in [0.717, 1.165) is 0 Å². The van der Waals surface area contributed by atoms with Crippen LogP contribution in [0.5, 0.6) is 0 Å². The zero-order valence-corrected chi connectivity index (χ0v) is 15.6. The molecule has 9 heteroatoms. The molecule has 0 saturated carbocycles. The molecule has 0 aliphatic carbocycles. The molecule has 2 aromatic heterocycles. The molecular weight excluding hydrogens is 370 g/mol. The molecule has 4 heterocycles. The summed E-state index contributed by atoms with van der Waals surface area (Å²) in [4.78, 5) is 32.9. The molecule has 2 aliphatic rings. The van der Waals surface area contributed by atoms with Crippen molar-refractivity contribution in [2.24, 2.45) is 0 Å². The predicted octanol–water partition coefficient (Wildman–Crippen LogP) is 0.747. The molecule has 2 atom stereocenters. The minimum Gasteiger partial charge on any atom is -0.459 e. The first-order chi connectivity index (χ1) is 12.9. The number of aryl methyl sites for hydroxylation is 1. The Labute approximate surface area is 156 Å². The van der Waals surface area contributed by atoms with Gasteiger partial charge in [-0.2, -0.15) is 0 Å². The lowest BCUT2D eigenvalue weighted by atomic mass is 10.0. The van der Waals surface area contributed by atoms with Crippen molar-refractivity contribution in [3.8, 4) is 0 Å². The van der Waals surface area contributed by atoms with Gasteiger partial charge >= 0.3 is 0 Å². The zero-order chi connectivity index (χ0) is 19.2. The Morgan fingerprint density at radius 3 is 2.30 bits per heavy atom. The van der Waals surface area contributed by atoms with Gasteiger partial charge in [-0.1, -0.05) is 6.07 Å². The first-order valence-corrected chi connectivity index (χ1v) is 10.5. The number of sulfone groups is 1. The number of fused-ring (bicyclic) bond motifs is 1. The van der Waals surface area contributed by atoms with Crippen molar-refractivity contribution < 1.29 is 22.4 Å². The number of pyridine rings is 1. The van der Waals surface area contributed by atoms with E-state index in [0.29, 0.717) is 5.56 Å². The van der Waals surface area contributed by atoms with Crippen LogP contribution in [0.1, 0.15) is 26.6 Å². The lowest BCUT2D eigenvalue weighted by Crippen LogP contribution is -2.62. The van der Waals surface area contributed by atoms with Gasteiger partial charge in [0, 0.05) is 24.8 Å². The Morgan fingerprint density at radius 1 is 1.07 bits per heavy atom. The monoisotopic (exact) mass is 389 g/mol. The third kappa shape index (κ3) is 3.12. The Bertz CT molecular complexity index is 985. The number of piperazine rings is 1. The van der Waals surface area contributed by atoms with Gasteiger partial charge in [0.25, 0.3) is 11.8 Å². The zero-order valence-electron chi connectivity index (χ0n) is 14.7. The molecule has 0 radical (unpaired) electrons. The fourth-order valence-corrected chi connectivity index (χ4v) is 5.80. The van der Waals surface area contributed by atoms with Crippen LogP contribution in [0.2, 0.25) is 0 Å². The number of carbonyl (C=O) groups is 2. The smallest absolute Gasteiger partial charge is 0.290 e. The number of hydrogen-bond acceptors (Lipinski definition) is 6. The van der Waals surface area contributed by atoms with E-state index in [9.17, 15) is 18.0 Å². The highest BCUT2D eigenvalue weighted by Crippen LogP contribution is 2.29. The van der Waals surface area contributed by atoms with Crippen LogP contribution >= 0.6 is 0 Å². The van der Waals surface area contributed by atoms with E-state index in [1.165, 1.54) is 22.3 Å². The number of amides is 2. The molecule has 0 unspecified atom stereocenters. The Morgan fingerprint density at radius 2 is 1.74 bits per heavy atom. The molecule has 4 rings (SSSR count). The summed E-state index contributed by atoms with van der Waals surface area (Å²) in [6, 6.07) is 5.54. The van der Waals surface area contributed by atoms with Crippen LogP contribution in [0.3, 0.4) is 0 Å². The molecule has 0 aromatic carbocycles. The molecule has 2 amide bonds. The molecule has 0 bridgehead atoms. The fraction of sp³-hybridized carbons (Fsp3) is 0.389. The van der Waals surface area contributed by atoms with Crippen molar-refractivity contribution in [2.75, 3.05) is 24.6 Å². The summed E-state index contributed by atoms with van der Waals surface area (Å²) in [5, 5.41) is 0. The average molecular weight is 389 g/mol. The van der Waals surface area contributed by atoms with Gasteiger partial charge in [0.1, 0.15) is 5.69 Å². The van der Waals surface area contributed by atoms with Crippen LogP contribution in [0.25, 0.3) is 0 Å². The van der Waals surface area contributed by atoms with Crippen LogP contribution in [0.4, 0.5) is 0 Å². The van der Waals surface area contributed by atoms with Gasteiger partial charge < -0.3 is 14.2 Å². The quantitative estimate of drug-likeness (QED) is 0.751. The van der Waals surface area contributed by atoms with E-state index in [-0.39, 0.29) is 47.9 Å². The van der Waals surface area contributed by atoms with E-state index >= 15 is 0 Å². The maximum Gasteiger partial charge on any atom is 0.290 e. The van der Waals surface area contributed by atoms with Gasteiger partial charge in [-0.05, 0) is 25.1 Å². The summed E-state index contributed by atoms with van der Waals surface area (Å²) in [5.74, 6) is -0.757. The number of hydrogen-bond donors (Lipinski definition) is 0. The number of nitrogens with zero attached hydrogens (tertiary/aromatic N) is 3. The lowest BCUT2D eigenvalue weighted by molar-refractivity contribution is 0.0261. The standard InChI is InChI=1S/C18H19N3O5S/c1-12-5-9-26-16(12)18(23)21-8-7-20(14-10-27(24,25)11-15(14)21)17(22)13-4-2-3-6-19-13/h2-6,9,14-15H,7-8,10-11H2,1H3/t14-,15+/m1/s1. The van der Waals surface area contributed by atoms with Crippen LogP contribution in [0, 0.1) is 6.92 Å². The summed E-state index contributed by atoms with van der Waals surface area (Å²) in [6.45, 7) is 2.26. The molecule has 142 valence electrons. The molecule has 0 spiro atoms. The van der Waals surface area contributed by atoms with Gasteiger partial charge in [0.15, 0.2) is 15.6 Å². The van der Waals surface area contributed by atoms with Crippen molar-refractivity contribution in [3.05, 3.63) is 53.7 Å². The number of aromatic nitrogens is 1. The highest BCUT2D eigenvalue weighted by molar-refractivity contribution is 7.91. The number of furan rings is 1. The summed E-state index contributed by atoms with van der Waals surface area (Å²) in [6.07, 6.45) is 2.96. The van der Waals surface area contributed by atoms with E-state index < -0.39 is 21.9 Å². The summed E-state index contributed by atoms with van der Waals surface area (Å²) in [7, 11) is -3.36. The molecule has 2 fully saturated rings. The Kier molecular flexibility index (Phi) is 4.26. The van der Waals surface area contributed by atoms with Gasteiger partial charge in [-0.15, -0.1) is 0 Å². The van der Waals surface area contributed by atoms with E-state index in [1.54, 1.807) is 31.2 Å². The van der Waals surface area contributed by atoms with Crippen molar-refractivity contribution in [1.82, 2.24) is 14.8 Å². The van der Waals surface area contributed by atoms with E-state index in [2.05, 4.69) is 4.98 Å². The largest absolute Gasteiger partial charge is 0.459 e. The minimum absolute atomic E-state index is 0.156. The highest BCUT2D eigenvalue weighted by atomic mass is 32.2. The molecule has 27 heavy (non-hydrogen) atoms. The topological polar surface area (TPSA) is 101 Å². The maximum atomic E-state index is 12.9. The molecule has 2 aromatic rings. The minimum atomic E-state index is -3.36. The highest BCUT2D eigenvalue weighted by Gasteiger charge is 2.50. The second-order valence-electron chi connectivity index (χ2n) is 6.86. The number of rotatable bonds is 2. The van der Waals surface area contributed by atoms with Crippen LogP contribution in [-0.2, 0) is 9.84 Å². The van der Waals surface area contributed by atoms with Crippen LogP contribution in [-0.4, -0.2) is 71.7 Å². The van der Waals surface area contributed by atoms with Crippen molar-refractivity contribution in [2.45, 2.75) is 19.0 Å². The number of carbonyl (C=O) groups excluding carboxylic acids is 2. The van der Waals surface area contributed by atoms with Gasteiger partial charge in [0.2, 0.25) is 0 Å². The summed E-state index contributed by atoms with van der Waals surface area (Å²) < 4.78 is 29.9. The molecule has 2 saturated heterocycles. The first-order valence-electron chi connectivity index (χ1n) is 8.65. The molecule has 2 aliphatic heterocycles. The van der Waals surface area contributed by atoms with Crippen LogP contribution < -0.4 is 0 Å². The van der Waals surface area contributed by atoms with Gasteiger partial charge in [-0.3, -0.25) is 14.6 Å². The summed E-state index contributed by atoms with van der Waals surface area (Å²) >= 11 is 0. The average Bonchev–Trinajstić information content (AvgIpc) is 3.22. The normalized spacial score (nSPS) is 23.9. The van der Waals surface area contributed by atoms with Crippen molar-refractivity contribution in [1.29, 1.82) is 0 Å². The Balaban J connectivity index is 1.65. The SMILES string of the molecule is Cc1ccoc1C(=O)N1CCN(C(=O)c2ccccn2)[C@@H]2CS(=O)(=O)C[C@@H]21. The van der Waals surface area contributed by atoms with Crippen molar-refractivity contribution >= 4 is 21.7 Å². The lowest BCUT2D eigenvalue weighted by Gasteiger charge is -2.43. The molecule has 8 nitrogen and oxygen atoms in total. The fourth-order valence-electron chi connectivity index (χ4n) is 3.82.